The maximum Gasteiger partial charge on any atom is 0.339 e. The number of para-hydroxylation sites is 2. The minimum absolute atomic E-state index is 0.0363. The molecule has 0 aliphatic heterocycles. The monoisotopic (exact) mass is 502 g/mol. The summed E-state index contributed by atoms with van der Waals surface area (Å²) in [7, 11) is -4.16. The maximum absolute atomic E-state index is 12.8. The normalized spacial score (nSPS) is 11.2. The van der Waals surface area contributed by atoms with Crippen molar-refractivity contribution in [1.82, 2.24) is 9.99 Å². The van der Waals surface area contributed by atoms with Crippen LogP contribution >= 0.6 is 0 Å². The van der Waals surface area contributed by atoms with Crippen molar-refractivity contribution in [3.8, 4) is 11.4 Å². The molecule has 0 aliphatic rings. The van der Waals surface area contributed by atoms with Gasteiger partial charge in [0.1, 0.15) is 4.90 Å². The van der Waals surface area contributed by atoms with E-state index in [4.69, 9.17) is 4.18 Å². The highest BCUT2D eigenvalue weighted by molar-refractivity contribution is 7.87. The number of amides is 2. The predicted molar refractivity (Wildman–Crippen MR) is 136 cm³/mol. The summed E-state index contributed by atoms with van der Waals surface area (Å²) in [6.45, 7) is 1.36. The average Bonchev–Trinajstić information content (AvgIpc) is 3.40. The molecule has 2 amide bonds. The summed E-state index contributed by atoms with van der Waals surface area (Å²) in [5.74, 6) is -0.662. The van der Waals surface area contributed by atoms with Gasteiger partial charge in [0, 0.05) is 30.6 Å². The fourth-order valence-electron chi connectivity index (χ4n) is 3.34. The van der Waals surface area contributed by atoms with Gasteiger partial charge >= 0.3 is 10.1 Å². The number of nitrogens with one attached hydrogen (secondary N) is 2. The van der Waals surface area contributed by atoms with Crippen LogP contribution in [0, 0.1) is 0 Å². The molecule has 0 spiro atoms. The van der Waals surface area contributed by atoms with Crippen LogP contribution in [0.15, 0.2) is 107 Å². The van der Waals surface area contributed by atoms with Crippen LogP contribution in [-0.4, -0.2) is 31.0 Å². The van der Waals surface area contributed by atoms with Crippen molar-refractivity contribution in [2.75, 3.05) is 5.32 Å². The molecule has 0 radical (unpaired) electrons. The summed E-state index contributed by atoms with van der Waals surface area (Å²) < 4.78 is 32.7. The molecule has 182 valence electrons. The molecule has 0 bridgehead atoms. The number of hydrazone groups is 1. The van der Waals surface area contributed by atoms with Crippen LogP contribution < -0.4 is 14.9 Å². The molecule has 0 fully saturated rings. The topological polar surface area (TPSA) is 119 Å². The SMILES string of the molecule is CC(=O)Nc1ccc(S(=O)(=O)Oc2ccccc2/C=N\NC(=O)c2ccccc2-n2cccc2)cc1. The summed E-state index contributed by atoms with van der Waals surface area (Å²) in [4.78, 5) is 23.8. The second-order valence-electron chi connectivity index (χ2n) is 7.59. The van der Waals surface area contributed by atoms with Crippen molar-refractivity contribution in [1.29, 1.82) is 0 Å². The van der Waals surface area contributed by atoms with Gasteiger partial charge in [0.05, 0.1) is 17.5 Å². The van der Waals surface area contributed by atoms with E-state index in [0.717, 1.165) is 0 Å². The molecule has 0 atom stereocenters. The first-order valence-corrected chi connectivity index (χ1v) is 12.2. The molecule has 9 nitrogen and oxygen atoms in total. The van der Waals surface area contributed by atoms with Crippen molar-refractivity contribution in [2.24, 2.45) is 5.10 Å². The molecular weight excluding hydrogens is 480 g/mol. The zero-order chi connectivity index (χ0) is 25.5. The van der Waals surface area contributed by atoms with E-state index in [1.54, 1.807) is 30.3 Å². The Morgan fingerprint density at radius 2 is 1.56 bits per heavy atom. The van der Waals surface area contributed by atoms with Crippen molar-refractivity contribution < 1.29 is 22.2 Å². The minimum atomic E-state index is -4.16. The maximum atomic E-state index is 12.8. The number of hydrogen-bond donors (Lipinski definition) is 2. The first-order chi connectivity index (χ1) is 17.3. The number of anilines is 1. The third-order valence-electron chi connectivity index (χ3n) is 4.98. The summed E-state index contributed by atoms with van der Waals surface area (Å²) >= 11 is 0. The molecule has 4 rings (SSSR count). The van der Waals surface area contributed by atoms with Crippen LogP contribution in [-0.2, 0) is 14.9 Å². The van der Waals surface area contributed by atoms with Crippen LogP contribution in [0.25, 0.3) is 5.69 Å². The number of carbonyl (C=O) groups excluding carboxylic acids is 2. The van der Waals surface area contributed by atoms with Crippen molar-refractivity contribution >= 4 is 33.8 Å². The van der Waals surface area contributed by atoms with Gasteiger partial charge in [0.2, 0.25) is 5.91 Å². The van der Waals surface area contributed by atoms with E-state index in [2.05, 4.69) is 15.8 Å². The molecular formula is C26H22N4O5S. The molecule has 2 N–H and O–H groups in total. The highest BCUT2D eigenvalue weighted by Crippen LogP contribution is 2.23. The lowest BCUT2D eigenvalue weighted by Crippen LogP contribution is -2.19. The number of rotatable bonds is 8. The number of nitrogens with zero attached hydrogens (tertiary/aromatic N) is 2. The van der Waals surface area contributed by atoms with Gasteiger partial charge in [0.15, 0.2) is 5.75 Å². The van der Waals surface area contributed by atoms with E-state index in [-0.39, 0.29) is 16.6 Å². The molecule has 4 aromatic rings. The first-order valence-electron chi connectivity index (χ1n) is 10.8. The highest BCUT2D eigenvalue weighted by Gasteiger charge is 2.18. The molecule has 0 unspecified atom stereocenters. The Labute approximate surface area is 208 Å². The number of benzene rings is 3. The zero-order valence-corrected chi connectivity index (χ0v) is 20.0. The quantitative estimate of drug-likeness (QED) is 0.215. The third-order valence-corrected chi connectivity index (χ3v) is 6.23. The molecule has 1 heterocycles. The van der Waals surface area contributed by atoms with Gasteiger partial charge in [-0.3, -0.25) is 9.59 Å². The number of hydrogen-bond acceptors (Lipinski definition) is 6. The Kier molecular flexibility index (Phi) is 7.26. The van der Waals surface area contributed by atoms with Gasteiger partial charge in [-0.05, 0) is 60.7 Å². The number of carbonyl (C=O) groups is 2. The second kappa shape index (κ2) is 10.7. The molecule has 36 heavy (non-hydrogen) atoms. The van der Waals surface area contributed by atoms with E-state index < -0.39 is 16.0 Å². The molecule has 3 aromatic carbocycles. The second-order valence-corrected chi connectivity index (χ2v) is 9.13. The molecule has 0 saturated carbocycles. The van der Waals surface area contributed by atoms with Crippen LogP contribution in [0.5, 0.6) is 5.75 Å². The van der Waals surface area contributed by atoms with Crippen molar-refractivity contribution in [3.63, 3.8) is 0 Å². The lowest BCUT2D eigenvalue weighted by atomic mass is 10.1. The lowest BCUT2D eigenvalue weighted by Gasteiger charge is -2.10. The predicted octanol–water partition coefficient (Wildman–Crippen LogP) is 3.97. The van der Waals surface area contributed by atoms with E-state index in [1.807, 2.05) is 41.2 Å². The smallest absolute Gasteiger partial charge is 0.339 e. The van der Waals surface area contributed by atoms with E-state index in [0.29, 0.717) is 22.5 Å². The summed E-state index contributed by atoms with van der Waals surface area (Å²) in [6, 6.07) is 22.8. The van der Waals surface area contributed by atoms with E-state index >= 15 is 0 Å². The Balaban J connectivity index is 1.49. The fourth-order valence-corrected chi connectivity index (χ4v) is 4.30. The molecule has 1 aromatic heterocycles. The van der Waals surface area contributed by atoms with Gasteiger partial charge in [-0.2, -0.15) is 13.5 Å². The van der Waals surface area contributed by atoms with Crippen LogP contribution in [0.3, 0.4) is 0 Å². The Morgan fingerprint density at radius 3 is 2.28 bits per heavy atom. The number of aromatic nitrogens is 1. The van der Waals surface area contributed by atoms with Crippen molar-refractivity contribution in [2.45, 2.75) is 11.8 Å². The summed E-state index contributed by atoms with van der Waals surface area (Å²) in [6.07, 6.45) is 4.97. The Hall–Kier alpha value is -4.70. The lowest BCUT2D eigenvalue weighted by molar-refractivity contribution is -0.114. The van der Waals surface area contributed by atoms with Gasteiger partial charge in [0.25, 0.3) is 5.91 Å². The van der Waals surface area contributed by atoms with Crippen LogP contribution in [0.2, 0.25) is 0 Å². The molecule has 0 saturated heterocycles. The summed E-state index contributed by atoms with van der Waals surface area (Å²) in [5.41, 5.74) is 4.38. The minimum Gasteiger partial charge on any atom is -0.378 e. The molecule has 10 heteroatoms. The van der Waals surface area contributed by atoms with Gasteiger partial charge in [-0.25, -0.2) is 5.43 Å². The molecule has 0 aliphatic carbocycles. The largest absolute Gasteiger partial charge is 0.378 e. The zero-order valence-electron chi connectivity index (χ0n) is 19.2. The van der Waals surface area contributed by atoms with E-state index in [9.17, 15) is 18.0 Å². The van der Waals surface area contributed by atoms with Crippen molar-refractivity contribution in [3.05, 3.63) is 108 Å². The highest BCUT2D eigenvalue weighted by atomic mass is 32.2. The van der Waals surface area contributed by atoms with Gasteiger partial charge in [-0.15, -0.1) is 0 Å². The fraction of sp³-hybridized carbons (Fsp3) is 0.0385. The Bertz CT molecular complexity index is 1510. The summed E-state index contributed by atoms with van der Waals surface area (Å²) in [5, 5.41) is 6.56. The third kappa shape index (κ3) is 5.86. The first kappa shape index (κ1) is 24.4. The van der Waals surface area contributed by atoms with Crippen LogP contribution in [0.4, 0.5) is 5.69 Å². The van der Waals surface area contributed by atoms with Gasteiger partial charge < -0.3 is 14.1 Å². The van der Waals surface area contributed by atoms with Crippen LogP contribution in [0.1, 0.15) is 22.8 Å². The average molecular weight is 503 g/mol. The van der Waals surface area contributed by atoms with E-state index in [1.165, 1.54) is 43.5 Å². The van der Waals surface area contributed by atoms with Gasteiger partial charge in [-0.1, -0.05) is 24.3 Å². The standard InChI is InChI=1S/C26H22N4O5S/c1-19(31)28-21-12-14-22(15-13-21)36(33,34)35-25-11-5-2-8-20(25)18-27-29-26(32)23-9-3-4-10-24(23)30-16-6-7-17-30/h2-18H,1H3,(H,28,31)(H,29,32)/b27-18-. The Morgan fingerprint density at radius 1 is 0.889 bits per heavy atom.